The van der Waals surface area contributed by atoms with Gasteiger partial charge in [0, 0.05) is 36.5 Å². The quantitative estimate of drug-likeness (QED) is 0.840. The lowest BCUT2D eigenvalue weighted by atomic mass is 10.0. The topological polar surface area (TPSA) is 40.6 Å². The first-order valence-electron chi connectivity index (χ1n) is 8.01. The van der Waals surface area contributed by atoms with Crippen molar-refractivity contribution in [3.63, 3.8) is 0 Å². The van der Waals surface area contributed by atoms with E-state index in [1.807, 2.05) is 21.7 Å². The van der Waals surface area contributed by atoms with E-state index in [2.05, 4.69) is 0 Å². The Balaban J connectivity index is 1.50. The van der Waals surface area contributed by atoms with Crippen molar-refractivity contribution >= 4 is 23.2 Å². The fourth-order valence-electron chi connectivity index (χ4n) is 3.74. The maximum atomic E-state index is 13.4. The minimum atomic E-state index is -0.405. The fourth-order valence-corrected chi connectivity index (χ4v) is 4.37. The van der Waals surface area contributed by atoms with E-state index in [9.17, 15) is 14.0 Å². The highest BCUT2D eigenvalue weighted by molar-refractivity contribution is 7.08. The molecule has 6 heteroatoms. The van der Waals surface area contributed by atoms with Gasteiger partial charge in [-0.3, -0.25) is 9.59 Å². The molecule has 0 spiro atoms. The average Bonchev–Trinajstić information content (AvgIpc) is 3.30. The van der Waals surface area contributed by atoms with E-state index < -0.39 is 5.82 Å². The lowest BCUT2D eigenvalue weighted by Gasteiger charge is -2.25. The minimum absolute atomic E-state index is 0.0309. The number of rotatable bonds is 2. The van der Waals surface area contributed by atoms with Crippen LogP contribution in [-0.4, -0.2) is 47.3 Å². The van der Waals surface area contributed by atoms with E-state index >= 15 is 0 Å². The number of nitrogens with zero attached hydrogens (tertiary/aromatic N) is 2. The number of carbonyl (C=O) groups is 2. The molecule has 24 heavy (non-hydrogen) atoms. The molecule has 0 bridgehead atoms. The van der Waals surface area contributed by atoms with Gasteiger partial charge in [-0.05, 0) is 36.1 Å². The molecule has 2 fully saturated rings. The molecule has 2 amide bonds. The Morgan fingerprint density at radius 1 is 1.12 bits per heavy atom. The molecule has 124 valence electrons. The van der Waals surface area contributed by atoms with Crippen LogP contribution in [0.4, 0.5) is 4.39 Å². The molecule has 2 atom stereocenters. The van der Waals surface area contributed by atoms with Gasteiger partial charge >= 0.3 is 0 Å². The average molecular weight is 344 g/mol. The largest absolute Gasteiger partial charge is 0.336 e. The van der Waals surface area contributed by atoms with Crippen LogP contribution in [0.3, 0.4) is 0 Å². The Hall–Kier alpha value is -2.21. The van der Waals surface area contributed by atoms with Gasteiger partial charge in [-0.2, -0.15) is 11.3 Å². The number of hydrogen-bond donors (Lipinski definition) is 0. The van der Waals surface area contributed by atoms with Crippen molar-refractivity contribution in [1.82, 2.24) is 9.80 Å². The summed E-state index contributed by atoms with van der Waals surface area (Å²) in [7, 11) is 0. The number of thiophene rings is 1. The zero-order valence-corrected chi connectivity index (χ0v) is 13.8. The second-order valence-electron chi connectivity index (χ2n) is 6.35. The Bertz CT molecular complexity index is 777. The van der Waals surface area contributed by atoms with Crippen molar-refractivity contribution in [1.29, 1.82) is 0 Å². The maximum Gasteiger partial charge on any atom is 0.254 e. The smallest absolute Gasteiger partial charge is 0.254 e. The van der Waals surface area contributed by atoms with Gasteiger partial charge in [0.1, 0.15) is 5.82 Å². The number of benzene rings is 1. The number of amides is 2. The molecule has 2 aromatic rings. The van der Waals surface area contributed by atoms with Gasteiger partial charge < -0.3 is 9.80 Å². The lowest BCUT2D eigenvalue weighted by molar-refractivity contribution is 0.0689. The number of fused-ring (bicyclic) bond motifs is 1. The van der Waals surface area contributed by atoms with E-state index in [1.165, 1.54) is 23.5 Å². The first-order valence-corrected chi connectivity index (χ1v) is 8.96. The van der Waals surface area contributed by atoms with Gasteiger partial charge in [-0.25, -0.2) is 4.39 Å². The molecule has 1 aromatic heterocycles. The number of hydrogen-bond acceptors (Lipinski definition) is 3. The SMILES string of the molecule is O=C(c1ccsc1)N1C[C@@H]2CCN(C(=O)c3cccc(F)c3)[C@@H]2C1. The number of carbonyl (C=O) groups excluding carboxylic acids is 2. The standard InChI is InChI=1S/C18H17FN2O2S/c19-15-3-1-2-12(8-15)18(23)21-6-4-13-9-20(10-16(13)21)17(22)14-5-7-24-11-14/h1-3,5,7-8,11,13,16H,4,6,9-10H2/t13-,16+/m0/s1. The third-order valence-corrected chi connectivity index (χ3v) is 5.62. The van der Waals surface area contributed by atoms with Crippen LogP contribution in [-0.2, 0) is 0 Å². The number of halogens is 1. The molecule has 4 nitrogen and oxygen atoms in total. The molecule has 2 saturated heterocycles. The predicted molar refractivity (Wildman–Crippen MR) is 89.6 cm³/mol. The van der Waals surface area contributed by atoms with Gasteiger partial charge in [0.15, 0.2) is 0 Å². The van der Waals surface area contributed by atoms with Gasteiger partial charge in [0.25, 0.3) is 11.8 Å². The summed E-state index contributed by atoms with van der Waals surface area (Å²) < 4.78 is 13.4. The van der Waals surface area contributed by atoms with Crippen LogP contribution in [0.5, 0.6) is 0 Å². The van der Waals surface area contributed by atoms with Gasteiger partial charge in [-0.1, -0.05) is 6.07 Å². The van der Waals surface area contributed by atoms with E-state index in [0.717, 1.165) is 6.42 Å². The maximum absolute atomic E-state index is 13.4. The molecular weight excluding hydrogens is 327 g/mol. The molecule has 2 aliphatic rings. The summed E-state index contributed by atoms with van der Waals surface area (Å²) in [6, 6.07) is 7.66. The Morgan fingerprint density at radius 2 is 2.00 bits per heavy atom. The summed E-state index contributed by atoms with van der Waals surface area (Å²) >= 11 is 1.50. The molecule has 4 rings (SSSR count). The third-order valence-electron chi connectivity index (χ3n) is 4.94. The lowest BCUT2D eigenvalue weighted by Crippen LogP contribution is -2.40. The summed E-state index contributed by atoms with van der Waals surface area (Å²) in [6.07, 6.45) is 0.888. The normalized spacial score (nSPS) is 22.7. The molecule has 0 N–H and O–H groups in total. The summed E-state index contributed by atoms with van der Waals surface area (Å²) in [5, 5.41) is 3.75. The molecule has 0 unspecified atom stereocenters. The highest BCUT2D eigenvalue weighted by Gasteiger charge is 2.44. The third kappa shape index (κ3) is 2.60. The highest BCUT2D eigenvalue weighted by Crippen LogP contribution is 2.33. The second kappa shape index (κ2) is 6.02. The Labute approximate surface area is 143 Å². The zero-order chi connectivity index (χ0) is 16.7. The molecule has 0 aliphatic carbocycles. The minimum Gasteiger partial charge on any atom is -0.336 e. The van der Waals surface area contributed by atoms with Crippen molar-refractivity contribution < 1.29 is 14.0 Å². The van der Waals surface area contributed by atoms with Gasteiger partial charge in [-0.15, -0.1) is 0 Å². The van der Waals surface area contributed by atoms with Crippen LogP contribution in [0.2, 0.25) is 0 Å². The monoisotopic (exact) mass is 344 g/mol. The van der Waals surface area contributed by atoms with E-state index in [4.69, 9.17) is 0 Å². The van der Waals surface area contributed by atoms with Gasteiger partial charge in [0.05, 0.1) is 11.6 Å². The van der Waals surface area contributed by atoms with Crippen molar-refractivity contribution in [3.8, 4) is 0 Å². The summed E-state index contributed by atoms with van der Waals surface area (Å²) in [4.78, 5) is 28.9. The molecule has 3 heterocycles. The first-order chi connectivity index (χ1) is 11.6. The van der Waals surface area contributed by atoms with Crippen LogP contribution < -0.4 is 0 Å². The van der Waals surface area contributed by atoms with E-state index in [0.29, 0.717) is 36.7 Å². The van der Waals surface area contributed by atoms with Crippen LogP contribution in [0.1, 0.15) is 27.1 Å². The molecular formula is C18H17FN2O2S. The van der Waals surface area contributed by atoms with Crippen molar-refractivity contribution in [3.05, 3.63) is 58.0 Å². The van der Waals surface area contributed by atoms with Crippen molar-refractivity contribution in [2.24, 2.45) is 5.92 Å². The second-order valence-corrected chi connectivity index (χ2v) is 7.13. The van der Waals surface area contributed by atoms with Crippen LogP contribution in [0.25, 0.3) is 0 Å². The van der Waals surface area contributed by atoms with E-state index in [-0.39, 0.29) is 17.9 Å². The zero-order valence-electron chi connectivity index (χ0n) is 13.0. The van der Waals surface area contributed by atoms with Gasteiger partial charge in [0.2, 0.25) is 0 Å². The van der Waals surface area contributed by atoms with Crippen molar-refractivity contribution in [2.75, 3.05) is 19.6 Å². The first kappa shape index (κ1) is 15.3. The Morgan fingerprint density at radius 3 is 2.75 bits per heavy atom. The number of likely N-dealkylation sites (tertiary alicyclic amines) is 2. The Kier molecular flexibility index (Phi) is 3.84. The fraction of sp³-hybridized carbons (Fsp3) is 0.333. The van der Waals surface area contributed by atoms with Crippen LogP contribution in [0.15, 0.2) is 41.1 Å². The van der Waals surface area contributed by atoms with Crippen LogP contribution in [0, 0.1) is 11.7 Å². The highest BCUT2D eigenvalue weighted by atomic mass is 32.1. The summed E-state index contributed by atoms with van der Waals surface area (Å²) in [5.41, 5.74) is 1.08. The van der Waals surface area contributed by atoms with Crippen molar-refractivity contribution in [2.45, 2.75) is 12.5 Å². The molecule has 1 aromatic carbocycles. The predicted octanol–water partition coefficient (Wildman–Crippen LogP) is 2.87. The summed E-state index contributed by atoms with van der Waals surface area (Å²) in [5.74, 6) is -0.210. The summed E-state index contributed by atoms with van der Waals surface area (Å²) in [6.45, 7) is 1.91. The molecule has 0 radical (unpaired) electrons. The van der Waals surface area contributed by atoms with E-state index in [1.54, 1.807) is 17.0 Å². The molecule has 2 aliphatic heterocycles. The van der Waals surface area contributed by atoms with Crippen LogP contribution >= 0.6 is 11.3 Å². The molecule has 0 saturated carbocycles.